The second kappa shape index (κ2) is 6.70. The highest BCUT2D eigenvalue weighted by molar-refractivity contribution is 5.96. The molecule has 0 radical (unpaired) electrons. The summed E-state index contributed by atoms with van der Waals surface area (Å²) in [5.41, 5.74) is 0.566. The Morgan fingerprint density at radius 1 is 1.29 bits per heavy atom. The highest BCUT2D eigenvalue weighted by Crippen LogP contribution is 2.32. The van der Waals surface area contributed by atoms with Crippen LogP contribution in [0, 0.1) is 17.5 Å². The average Bonchev–Trinajstić information content (AvgIpc) is 2.54. The van der Waals surface area contributed by atoms with Gasteiger partial charge < -0.3 is 5.11 Å². The lowest BCUT2D eigenvalue weighted by Gasteiger charge is -2.28. The van der Waals surface area contributed by atoms with Crippen LogP contribution >= 0.6 is 0 Å². The van der Waals surface area contributed by atoms with E-state index in [0.29, 0.717) is 29.8 Å². The molecule has 2 aromatic rings. The minimum atomic E-state index is -1.12. The van der Waals surface area contributed by atoms with Crippen LogP contribution in [0.4, 0.5) is 13.2 Å². The van der Waals surface area contributed by atoms with Gasteiger partial charge in [-0.1, -0.05) is 6.07 Å². The molecule has 2 unspecified atom stereocenters. The number of aliphatic hydroxyl groups excluding tert-OH is 1. The lowest BCUT2D eigenvalue weighted by molar-refractivity contribution is 0.0837. The van der Waals surface area contributed by atoms with Crippen molar-refractivity contribution in [2.75, 3.05) is 0 Å². The van der Waals surface area contributed by atoms with E-state index in [1.54, 1.807) is 12.1 Å². The van der Waals surface area contributed by atoms with Gasteiger partial charge in [0.1, 0.15) is 29.4 Å². The molecule has 1 aromatic heterocycles. The third-order valence-corrected chi connectivity index (χ3v) is 4.16. The molecule has 0 spiro atoms. The molecule has 1 aliphatic carbocycles. The van der Waals surface area contributed by atoms with Gasteiger partial charge in [0.15, 0.2) is 5.78 Å². The topological polar surface area (TPSA) is 62.2 Å². The van der Waals surface area contributed by atoms with Gasteiger partial charge >= 0.3 is 0 Å². The highest BCUT2D eigenvalue weighted by atomic mass is 19.1. The first-order chi connectivity index (χ1) is 11.5. The van der Waals surface area contributed by atoms with Gasteiger partial charge in [-0.2, -0.15) is 0 Å². The summed E-state index contributed by atoms with van der Waals surface area (Å²) in [6.07, 6.45) is 1.03. The first-order valence-electron chi connectivity index (χ1n) is 7.50. The van der Waals surface area contributed by atoms with Crippen LogP contribution in [0.1, 0.15) is 40.4 Å². The zero-order valence-electron chi connectivity index (χ0n) is 12.6. The lowest BCUT2D eigenvalue weighted by atomic mass is 9.83. The van der Waals surface area contributed by atoms with Crippen LogP contribution in [0.3, 0.4) is 0 Å². The Morgan fingerprint density at radius 3 is 2.71 bits per heavy atom. The first-order valence-corrected chi connectivity index (χ1v) is 7.50. The predicted molar refractivity (Wildman–Crippen MR) is 79.7 cm³/mol. The van der Waals surface area contributed by atoms with Crippen LogP contribution in [0.15, 0.2) is 30.5 Å². The average molecular weight is 336 g/mol. The third kappa shape index (κ3) is 3.18. The minimum Gasteiger partial charge on any atom is -0.378 e. The van der Waals surface area contributed by atoms with Crippen molar-refractivity contribution in [3.05, 3.63) is 64.7 Å². The van der Waals surface area contributed by atoms with E-state index < -0.39 is 29.6 Å². The number of rotatable bonds is 4. The van der Waals surface area contributed by atoms with E-state index >= 15 is 0 Å². The van der Waals surface area contributed by atoms with Crippen molar-refractivity contribution in [3.8, 4) is 0 Å². The van der Waals surface area contributed by atoms with Gasteiger partial charge in [0.05, 0.1) is 0 Å². The quantitative estimate of drug-likeness (QED) is 0.843. The van der Waals surface area contributed by atoms with Crippen molar-refractivity contribution in [2.24, 2.45) is 0 Å². The van der Waals surface area contributed by atoms with Crippen molar-refractivity contribution in [1.82, 2.24) is 10.3 Å². The van der Waals surface area contributed by atoms with E-state index in [4.69, 9.17) is 0 Å². The number of halogens is 3. The predicted octanol–water partition coefficient (Wildman–Crippen LogP) is 2.67. The number of fused-ring (bicyclic) bond motifs is 1. The van der Waals surface area contributed by atoms with E-state index in [-0.39, 0.29) is 24.3 Å². The van der Waals surface area contributed by atoms with Crippen LogP contribution in [0.25, 0.3) is 0 Å². The molecule has 1 heterocycles. The summed E-state index contributed by atoms with van der Waals surface area (Å²) in [5, 5.41) is 13.0. The summed E-state index contributed by atoms with van der Waals surface area (Å²) in [5.74, 6) is -3.55. The second-order valence-corrected chi connectivity index (χ2v) is 5.68. The molecule has 3 rings (SSSR count). The zero-order valence-corrected chi connectivity index (χ0v) is 12.6. The summed E-state index contributed by atoms with van der Waals surface area (Å²) < 4.78 is 40.2. The van der Waals surface area contributed by atoms with Gasteiger partial charge in [0.25, 0.3) is 0 Å². The largest absolute Gasteiger partial charge is 0.378 e. The first kappa shape index (κ1) is 16.6. The fourth-order valence-corrected chi connectivity index (χ4v) is 2.93. The third-order valence-electron chi connectivity index (χ3n) is 4.16. The Labute approximate surface area is 136 Å². The smallest absolute Gasteiger partial charge is 0.181 e. The molecule has 126 valence electrons. The summed E-state index contributed by atoms with van der Waals surface area (Å²) in [6.45, 7) is -0.306. The van der Waals surface area contributed by atoms with Gasteiger partial charge in [0, 0.05) is 42.8 Å². The Hall–Kier alpha value is -2.25. The summed E-state index contributed by atoms with van der Waals surface area (Å²) in [7, 11) is 0. The summed E-state index contributed by atoms with van der Waals surface area (Å²) in [4.78, 5) is 15.9. The van der Waals surface area contributed by atoms with Gasteiger partial charge in [-0.3, -0.25) is 15.1 Å². The number of Topliss-reactive ketones (excluding diaryl/α,β-unsaturated/α-hetero) is 1. The van der Waals surface area contributed by atoms with Gasteiger partial charge in [-0.15, -0.1) is 0 Å². The molecule has 0 bridgehead atoms. The molecule has 4 nitrogen and oxygen atoms in total. The number of aromatic nitrogens is 1. The highest BCUT2D eigenvalue weighted by Gasteiger charge is 2.31. The number of nitrogens with one attached hydrogen (secondary N) is 1. The molecule has 0 saturated carbocycles. The fourth-order valence-electron chi connectivity index (χ4n) is 2.93. The molecule has 1 aromatic carbocycles. The Balaban J connectivity index is 1.76. The number of aliphatic hydroxyl groups is 1. The zero-order chi connectivity index (χ0) is 17.3. The molecule has 1 aliphatic rings. The van der Waals surface area contributed by atoms with Crippen LogP contribution in [-0.4, -0.2) is 22.1 Å². The van der Waals surface area contributed by atoms with Crippen molar-refractivity contribution in [2.45, 2.75) is 31.5 Å². The van der Waals surface area contributed by atoms with Crippen LogP contribution in [0.2, 0.25) is 0 Å². The lowest BCUT2D eigenvalue weighted by Crippen LogP contribution is -2.37. The maximum atomic E-state index is 13.6. The van der Waals surface area contributed by atoms with Gasteiger partial charge in [-0.25, -0.2) is 13.2 Å². The molecular weight excluding hydrogens is 321 g/mol. The van der Waals surface area contributed by atoms with Crippen LogP contribution < -0.4 is 5.32 Å². The van der Waals surface area contributed by atoms with Crippen molar-refractivity contribution >= 4 is 5.78 Å². The van der Waals surface area contributed by atoms with Gasteiger partial charge in [0.2, 0.25) is 0 Å². The number of hydrogen-bond donors (Lipinski definition) is 2. The SMILES string of the molecule is O=C1CCC(C(O)NCc2c(F)cc(F)cc2F)c2cccnc21. The number of carbonyl (C=O) groups is 1. The minimum absolute atomic E-state index is 0.0929. The Morgan fingerprint density at radius 2 is 2.00 bits per heavy atom. The van der Waals surface area contributed by atoms with Gasteiger partial charge in [-0.05, 0) is 18.1 Å². The van der Waals surface area contributed by atoms with Crippen LogP contribution in [0.5, 0.6) is 0 Å². The molecule has 0 aliphatic heterocycles. The number of nitrogens with zero attached hydrogens (tertiary/aromatic N) is 1. The van der Waals surface area contributed by atoms with E-state index in [9.17, 15) is 23.1 Å². The maximum absolute atomic E-state index is 13.6. The molecule has 2 N–H and O–H groups in total. The van der Waals surface area contributed by atoms with E-state index in [1.165, 1.54) is 6.20 Å². The Kier molecular flexibility index (Phi) is 4.64. The molecule has 0 amide bonds. The number of ketones is 1. The summed E-state index contributed by atoms with van der Waals surface area (Å²) in [6, 6.07) is 4.54. The number of pyridine rings is 1. The molecule has 7 heteroatoms. The van der Waals surface area contributed by atoms with E-state index in [2.05, 4.69) is 10.3 Å². The molecule has 24 heavy (non-hydrogen) atoms. The maximum Gasteiger partial charge on any atom is 0.181 e. The van der Waals surface area contributed by atoms with Crippen molar-refractivity contribution in [3.63, 3.8) is 0 Å². The molecule has 0 saturated heterocycles. The van der Waals surface area contributed by atoms with Crippen LogP contribution in [-0.2, 0) is 6.54 Å². The molecule has 0 fully saturated rings. The van der Waals surface area contributed by atoms with E-state index in [0.717, 1.165) is 0 Å². The Bertz CT molecular complexity index is 759. The number of carbonyl (C=O) groups excluding carboxylic acids is 1. The molecule has 2 atom stereocenters. The van der Waals surface area contributed by atoms with E-state index in [1.807, 2.05) is 0 Å². The summed E-state index contributed by atoms with van der Waals surface area (Å²) >= 11 is 0. The van der Waals surface area contributed by atoms with Crippen molar-refractivity contribution < 1.29 is 23.1 Å². The molecular formula is C17H15F3N2O2. The second-order valence-electron chi connectivity index (χ2n) is 5.68. The standard InChI is InChI=1S/C17H15F3N2O2/c18-9-6-13(19)12(14(20)7-9)8-22-17(24)11-3-4-15(23)16-10(11)2-1-5-21-16/h1-2,5-7,11,17,22,24H,3-4,8H2. The fraction of sp³-hybridized carbons (Fsp3) is 0.294. The monoisotopic (exact) mass is 336 g/mol. The van der Waals surface area contributed by atoms with Crippen molar-refractivity contribution in [1.29, 1.82) is 0 Å². The normalized spacial score (nSPS) is 18.3. The number of hydrogen-bond acceptors (Lipinski definition) is 4. The number of benzene rings is 1.